The van der Waals surface area contributed by atoms with Crippen LogP contribution in [0.3, 0.4) is 0 Å². The Bertz CT molecular complexity index is 703. The smallest absolute Gasteiger partial charge is 0.271 e. The Kier molecular flexibility index (Phi) is 5.78. The maximum Gasteiger partial charge on any atom is 0.271 e. The first-order valence-electron chi connectivity index (χ1n) is 7.37. The quantitative estimate of drug-likeness (QED) is 0.654. The highest BCUT2D eigenvalue weighted by atomic mass is 16.5. The van der Waals surface area contributed by atoms with Gasteiger partial charge in [0, 0.05) is 31.4 Å². The first-order chi connectivity index (χ1) is 11.5. The zero-order valence-corrected chi connectivity index (χ0v) is 14.2. The van der Waals surface area contributed by atoms with Crippen LogP contribution in [0.4, 0.5) is 5.69 Å². The minimum Gasteiger partial charge on any atom is -0.497 e. The molecule has 0 aliphatic carbocycles. The van der Waals surface area contributed by atoms with Crippen molar-refractivity contribution in [3.8, 4) is 11.5 Å². The molecule has 0 aliphatic rings. The SMILES string of the molecule is COc1cc(OC)cc(C(=O)N/N=C\c2ccc(N(C)C)cc2)c1. The molecule has 0 heterocycles. The highest BCUT2D eigenvalue weighted by Crippen LogP contribution is 2.22. The standard InChI is InChI=1S/C18H21N3O3/c1-21(2)15-7-5-13(6-8-15)12-19-20-18(22)14-9-16(23-3)11-17(10-14)24-4/h5-12H,1-4H3,(H,20,22)/b19-12-. The number of hydrogen-bond donors (Lipinski definition) is 1. The second-order valence-corrected chi connectivity index (χ2v) is 5.29. The van der Waals surface area contributed by atoms with Crippen LogP contribution in [-0.4, -0.2) is 40.4 Å². The monoisotopic (exact) mass is 327 g/mol. The zero-order chi connectivity index (χ0) is 17.5. The fourth-order valence-electron chi connectivity index (χ4n) is 2.03. The van der Waals surface area contributed by atoms with Crippen molar-refractivity contribution in [2.24, 2.45) is 5.10 Å². The summed E-state index contributed by atoms with van der Waals surface area (Å²) in [7, 11) is 7.02. The van der Waals surface area contributed by atoms with Gasteiger partial charge >= 0.3 is 0 Å². The minimum absolute atomic E-state index is 0.339. The van der Waals surface area contributed by atoms with E-state index < -0.39 is 0 Å². The van der Waals surface area contributed by atoms with Gasteiger partial charge in [-0.05, 0) is 29.8 Å². The van der Waals surface area contributed by atoms with Crippen molar-refractivity contribution in [2.45, 2.75) is 0 Å². The van der Waals surface area contributed by atoms with E-state index in [1.54, 1.807) is 24.4 Å². The molecular formula is C18H21N3O3. The molecule has 0 aliphatic heterocycles. The first kappa shape index (κ1) is 17.3. The van der Waals surface area contributed by atoms with Crippen LogP contribution in [0.25, 0.3) is 0 Å². The van der Waals surface area contributed by atoms with Crippen LogP contribution >= 0.6 is 0 Å². The number of benzene rings is 2. The van der Waals surface area contributed by atoms with Gasteiger partial charge in [0.25, 0.3) is 5.91 Å². The lowest BCUT2D eigenvalue weighted by Gasteiger charge is -2.11. The lowest BCUT2D eigenvalue weighted by molar-refractivity contribution is 0.0954. The lowest BCUT2D eigenvalue weighted by Crippen LogP contribution is -2.17. The molecule has 0 spiro atoms. The Morgan fingerprint density at radius 1 is 1.04 bits per heavy atom. The number of hydrazone groups is 1. The number of ether oxygens (including phenoxy) is 2. The molecule has 2 aromatic rings. The average Bonchev–Trinajstić information content (AvgIpc) is 2.61. The Labute approximate surface area is 141 Å². The Morgan fingerprint density at radius 2 is 1.62 bits per heavy atom. The summed E-state index contributed by atoms with van der Waals surface area (Å²) in [6.45, 7) is 0. The number of anilines is 1. The number of methoxy groups -OCH3 is 2. The van der Waals surface area contributed by atoms with Crippen LogP contribution in [0.2, 0.25) is 0 Å². The third kappa shape index (κ3) is 4.49. The van der Waals surface area contributed by atoms with Gasteiger partial charge in [-0.25, -0.2) is 5.43 Å². The molecule has 6 nitrogen and oxygen atoms in total. The number of rotatable bonds is 6. The van der Waals surface area contributed by atoms with Crippen molar-refractivity contribution in [1.82, 2.24) is 5.43 Å². The minimum atomic E-state index is -0.339. The summed E-state index contributed by atoms with van der Waals surface area (Å²) in [6.07, 6.45) is 1.59. The van der Waals surface area contributed by atoms with E-state index >= 15 is 0 Å². The zero-order valence-electron chi connectivity index (χ0n) is 14.2. The molecule has 0 bridgehead atoms. The summed E-state index contributed by atoms with van der Waals surface area (Å²) in [6, 6.07) is 12.8. The summed E-state index contributed by atoms with van der Waals surface area (Å²) in [5.41, 5.74) is 4.89. The average molecular weight is 327 g/mol. The predicted octanol–water partition coefficient (Wildman–Crippen LogP) is 2.53. The van der Waals surface area contributed by atoms with Gasteiger partial charge < -0.3 is 14.4 Å². The molecule has 2 aromatic carbocycles. The molecule has 24 heavy (non-hydrogen) atoms. The highest BCUT2D eigenvalue weighted by molar-refractivity contribution is 5.95. The van der Waals surface area contributed by atoms with Gasteiger partial charge in [-0.15, -0.1) is 0 Å². The van der Waals surface area contributed by atoms with Gasteiger partial charge in [-0.2, -0.15) is 5.10 Å². The predicted molar refractivity (Wildman–Crippen MR) is 95.4 cm³/mol. The number of carbonyl (C=O) groups is 1. The third-order valence-electron chi connectivity index (χ3n) is 3.40. The van der Waals surface area contributed by atoms with Crippen molar-refractivity contribution in [1.29, 1.82) is 0 Å². The molecule has 0 aromatic heterocycles. The summed E-state index contributed by atoms with van der Waals surface area (Å²) < 4.78 is 10.3. The molecule has 0 unspecified atom stereocenters. The molecule has 1 N–H and O–H groups in total. The molecule has 0 saturated carbocycles. The number of carbonyl (C=O) groups excluding carboxylic acids is 1. The van der Waals surface area contributed by atoms with E-state index in [0.29, 0.717) is 17.1 Å². The van der Waals surface area contributed by atoms with E-state index in [4.69, 9.17) is 9.47 Å². The van der Waals surface area contributed by atoms with Gasteiger partial charge in [-0.1, -0.05) is 12.1 Å². The van der Waals surface area contributed by atoms with Crippen LogP contribution < -0.4 is 19.8 Å². The van der Waals surface area contributed by atoms with Crippen molar-refractivity contribution in [3.05, 3.63) is 53.6 Å². The van der Waals surface area contributed by atoms with E-state index in [1.807, 2.05) is 43.3 Å². The van der Waals surface area contributed by atoms with E-state index in [0.717, 1.165) is 11.3 Å². The molecule has 6 heteroatoms. The van der Waals surface area contributed by atoms with Gasteiger partial charge in [0.2, 0.25) is 0 Å². The molecule has 0 saturated heterocycles. The lowest BCUT2D eigenvalue weighted by atomic mass is 10.2. The van der Waals surface area contributed by atoms with Crippen LogP contribution in [0.5, 0.6) is 11.5 Å². The summed E-state index contributed by atoms with van der Waals surface area (Å²) >= 11 is 0. The molecule has 0 fully saturated rings. The summed E-state index contributed by atoms with van der Waals surface area (Å²) in [4.78, 5) is 14.2. The van der Waals surface area contributed by atoms with Crippen LogP contribution in [0.15, 0.2) is 47.6 Å². The van der Waals surface area contributed by atoms with Crippen molar-refractivity contribution in [3.63, 3.8) is 0 Å². The van der Waals surface area contributed by atoms with Gasteiger partial charge in [-0.3, -0.25) is 4.79 Å². The number of amides is 1. The Hall–Kier alpha value is -3.02. The molecule has 126 valence electrons. The Balaban J connectivity index is 2.04. The Morgan fingerprint density at radius 3 is 2.12 bits per heavy atom. The van der Waals surface area contributed by atoms with Gasteiger partial charge in [0.05, 0.1) is 20.4 Å². The van der Waals surface area contributed by atoms with E-state index in [1.165, 1.54) is 14.2 Å². The van der Waals surface area contributed by atoms with Gasteiger partial charge in [0.15, 0.2) is 0 Å². The normalized spacial score (nSPS) is 10.5. The van der Waals surface area contributed by atoms with Gasteiger partial charge in [0.1, 0.15) is 11.5 Å². The maximum atomic E-state index is 12.2. The molecule has 1 amide bonds. The maximum absolute atomic E-state index is 12.2. The fourth-order valence-corrected chi connectivity index (χ4v) is 2.03. The van der Waals surface area contributed by atoms with Crippen LogP contribution in [-0.2, 0) is 0 Å². The molecule has 2 rings (SSSR count). The molecule has 0 radical (unpaired) electrons. The van der Waals surface area contributed by atoms with E-state index in [-0.39, 0.29) is 5.91 Å². The second-order valence-electron chi connectivity index (χ2n) is 5.29. The second kappa shape index (κ2) is 8.01. The summed E-state index contributed by atoms with van der Waals surface area (Å²) in [5, 5.41) is 3.98. The van der Waals surface area contributed by atoms with Crippen molar-refractivity contribution >= 4 is 17.8 Å². The topological polar surface area (TPSA) is 63.2 Å². The number of nitrogens with one attached hydrogen (secondary N) is 1. The first-order valence-corrected chi connectivity index (χ1v) is 7.37. The number of hydrogen-bond acceptors (Lipinski definition) is 5. The third-order valence-corrected chi connectivity index (χ3v) is 3.40. The van der Waals surface area contributed by atoms with Crippen LogP contribution in [0.1, 0.15) is 15.9 Å². The largest absolute Gasteiger partial charge is 0.497 e. The molecule has 0 atom stereocenters. The summed E-state index contributed by atoms with van der Waals surface area (Å²) in [5.74, 6) is 0.749. The fraction of sp³-hybridized carbons (Fsp3) is 0.222. The van der Waals surface area contributed by atoms with Crippen LogP contribution in [0, 0.1) is 0 Å². The van der Waals surface area contributed by atoms with E-state index in [2.05, 4.69) is 10.5 Å². The van der Waals surface area contributed by atoms with Crippen molar-refractivity contribution in [2.75, 3.05) is 33.2 Å². The number of nitrogens with zero attached hydrogens (tertiary/aromatic N) is 2. The van der Waals surface area contributed by atoms with Crippen molar-refractivity contribution < 1.29 is 14.3 Å². The van der Waals surface area contributed by atoms with E-state index in [9.17, 15) is 4.79 Å². The molecular weight excluding hydrogens is 306 g/mol. The highest BCUT2D eigenvalue weighted by Gasteiger charge is 2.09.